The molecule has 0 spiro atoms. The molecule has 120 valence electrons. The zero-order valence-electron chi connectivity index (χ0n) is 12.4. The fourth-order valence-electron chi connectivity index (χ4n) is 2.76. The van der Waals surface area contributed by atoms with Crippen LogP contribution in [0.15, 0.2) is 23.1 Å². The van der Waals surface area contributed by atoms with E-state index >= 15 is 0 Å². The minimum atomic E-state index is -0.933. The van der Waals surface area contributed by atoms with Crippen molar-refractivity contribution in [3.8, 4) is 0 Å². The second-order valence-electron chi connectivity index (χ2n) is 5.37. The van der Waals surface area contributed by atoms with Crippen molar-refractivity contribution >= 4 is 23.4 Å². The molecule has 1 aromatic rings. The topological polar surface area (TPSA) is 89.7 Å². The Morgan fingerprint density at radius 3 is 2.73 bits per heavy atom. The first-order valence-corrected chi connectivity index (χ1v) is 8.38. The number of nitro benzene ring substituents is 1. The van der Waals surface area contributed by atoms with Crippen molar-refractivity contribution in [2.45, 2.75) is 30.1 Å². The molecular formula is C15H19NO5S. The third-order valence-electron chi connectivity index (χ3n) is 4.01. The van der Waals surface area contributed by atoms with E-state index in [-0.39, 0.29) is 11.6 Å². The number of hydrogen-bond acceptors (Lipinski definition) is 5. The minimum Gasteiger partial charge on any atom is -0.481 e. The van der Waals surface area contributed by atoms with Gasteiger partial charge in [0.15, 0.2) is 0 Å². The van der Waals surface area contributed by atoms with Crippen molar-refractivity contribution in [1.82, 2.24) is 0 Å². The Morgan fingerprint density at radius 1 is 1.50 bits per heavy atom. The monoisotopic (exact) mass is 325 g/mol. The van der Waals surface area contributed by atoms with E-state index < -0.39 is 16.8 Å². The Morgan fingerprint density at radius 2 is 2.18 bits per heavy atom. The molecule has 1 unspecified atom stereocenters. The van der Waals surface area contributed by atoms with Crippen molar-refractivity contribution in [3.63, 3.8) is 0 Å². The first kappa shape index (κ1) is 16.8. The van der Waals surface area contributed by atoms with Crippen LogP contribution < -0.4 is 0 Å². The quantitative estimate of drug-likeness (QED) is 0.490. The number of rotatable bonds is 6. The number of thioether (sulfide) groups is 1. The lowest BCUT2D eigenvalue weighted by Gasteiger charge is -2.25. The first-order valence-electron chi connectivity index (χ1n) is 7.15. The standard InChI is InChI=1S/C15H19NO5S/c1-22-14-3-2-11(9-13(14)16(19)20)12(15(17)18)8-10-4-6-21-7-5-10/h2-3,9-10,12H,4-8H2,1H3,(H,17,18). The number of nitrogens with zero attached hydrogens (tertiary/aromatic N) is 1. The van der Waals surface area contributed by atoms with Gasteiger partial charge in [0.25, 0.3) is 5.69 Å². The predicted molar refractivity (Wildman–Crippen MR) is 83.4 cm³/mol. The molecule has 0 radical (unpaired) electrons. The summed E-state index contributed by atoms with van der Waals surface area (Å²) in [5.41, 5.74) is 0.478. The van der Waals surface area contributed by atoms with Crippen LogP contribution >= 0.6 is 11.8 Å². The van der Waals surface area contributed by atoms with Gasteiger partial charge in [-0.3, -0.25) is 14.9 Å². The first-order chi connectivity index (χ1) is 10.5. The Labute approximate surface area is 133 Å². The van der Waals surface area contributed by atoms with E-state index in [1.54, 1.807) is 18.4 Å². The molecular weight excluding hydrogens is 306 g/mol. The Hall–Kier alpha value is -1.60. The van der Waals surface area contributed by atoms with Gasteiger partial charge in [-0.05, 0) is 43.1 Å². The van der Waals surface area contributed by atoms with Gasteiger partial charge < -0.3 is 9.84 Å². The fraction of sp³-hybridized carbons (Fsp3) is 0.533. The van der Waals surface area contributed by atoms with Crippen molar-refractivity contribution in [1.29, 1.82) is 0 Å². The summed E-state index contributed by atoms with van der Waals surface area (Å²) in [5, 5.41) is 20.7. The van der Waals surface area contributed by atoms with Crippen molar-refractivity contribution in [2.75, 3.05) is 19.5 Å². The Bertz CT molecular complexity index is 557. The largest absolute Gasteiger partial charge is 0.481 e. The summed E-state index contributed by atoms with van der Waals surface area (Å²) in [4.78, 5) is 22.8. The number of benzene rings is 1. The smallest absolute Gasteiger partial charge is 0.310 e. The van der Waals surface area contributed by atoms with Crippen LogP contribution in [-0.2, 0) is 9.53 Å². The molecule has 6 nitrogen and oxygen atoms in total. The number of carboxylic acids is 1. The molecule has 0 bridgehead atoms. The molecule has 1 aromatic carbocycles. The molecule has 7 heteroatoms. The van der Waals surface area contributed by atoms with E-state index in [9.17, 15) is 20.0 Å². The number of aliphatic carboxylic acids is 1. The molecule has 22 heavy (non-hydrogen) atoms. The fourth-order valence-corrected chi connectivity index (χ4v) is 3.31. The highest BCUT2D eigenvalue weighted by Gasteiger charge is 2.27. The average molecular weight is 325 g/mol. The summed E-state index contributed by atoms with van der Waals surface area (Å²) in [6.07, 6.45) is 3.94. The Balaban J connectivity index is 2.26. The van der Waals surface area contributed by atoms with Crippen LogP contribution in [0.1, 0.15) is 30.7 Å². The normalized spacial score (nSPS) is 17.1. The summed E-state index contributed by atoms with van der Waals surface area (Å²) in [6, 6.07) is 4.74. The predicted octanol–water partition coefficient (Wildman–Crippen LogP) is 3.30. The van der Waals surface area contributed by atoms with Crippen molar-refractivity contribution < 1.29 is 19.6 Å². The van der Waals surface area contributed by atoms with Gasteiger partial charge in [0.05, 0.1) is 15.7 Å². The Kier molecular flexibility index (Phi) is 5.79. The second kappa shape index (κ2) is 7.60. The zero-order valence-corrected chi connectivity index (χ0v) is 13.2. The van der Waals surface area contributed by atoms with Crippen molar-refractivity contribution in [3.05, 3.63) is 33.9 Å². The lowest BCUT2D eigenvalue weighted by Crippen LogP contribution is -2.21. The van der Waals surface area contributed by atoms with E-state index in [1.165, 1.54) is 17.8 Å². The third kappa shape index (κ3) is 3.98. The van der Waals surface area contributed by atoms with Gasteiger partial charge >= 0.3 is 5.97 Å². The summed E-state index contributed by atoms with van der Waals surface area (Å²) < 4.78 is 5.29. The maximum Gasteiger partial charge on any atom is 0.310 e. The molecule has 0 aromatic heterocycles. The molecule has 1 atom stereocenters. The van der Waals surface area contributed by atoms with Crippen LogP contribution in [0, 0.1) is 16.0 Å². The number of ether oxygens (including phenoxy) is 1. The minimum absolute atomic E-state index is 0.0248. The molecule has 2 rings (SSSR count). The zero-order chi connectivity index (χ0) is 16.1. The van der Waals surface area contributed by atoms with Crippen LogP contribution in [-0.4, -0.2) is 35.5 Å². The number of carboxylic acid groups (broad SMARTS) is 1. The SMILES string of the molecule is CSc1ccc(C(CC2CCOCC2)C(=O)O)cc1[N+](=O)[O-]. The molecule has 1 fully saturated rings. The summed E-state index contributed by atoms with van der Waals surface area (Å²) in [7, 11) is 0. The highest BCUT2D eigenvalue weighted by molar-refractivity contribution is 7.98. The van der Waals surface area contributed by atoms with Gasteiger partial charge in [-0.1, -0.05) is 6.07 Å². The molecule has 0 amide bonds. The van der Waals surface area contributed by atoms with Crippen molar-refractivity contribution in [2.24, 2.45) is 5.92 Å². The lowest BCUT2D eigenvalue weighted by molar-refractivity contribution is -0.387. The van der Waals surface area contributed by atoms with E-state index in [4.69, 9.17) is 4.74 Å². The molecule has 1 N–H and O–H groups in total. The lowest BCUT2D eigenvalue weighted by atomic mass is 9.85. The van der Waals surface area contributed by atoms with Gasteiger partial charge in [-0.2, -0.15) is 0 Å². The van der Waals surface area contributed by atoms with Crippen LogP contribution in [0.4, 0.5) is 5.69 Å². The summed E-state index contributed by atoms with van der Waals surface area (Å²) in [5.74, 6) is -1.36. The third-order valence-corrected chi connectivity index (χ3v) is 4.80. The van der Waals surface area contributed by atoms with E-state index in [2.05, 4.69) is 0 Å². The summed E-state index contributed by atoms with van der Waals surface area (Å²) >= 11 is 1.28. The van der Waals surface area contributed by atoms with Gasteiger partial charge in [0, 0.05) is 19.3 Å². The maximum absolute atomic E-state index is 11.6. The summed E-state index contributed by atoms with van der Waals surface area (Å²) in [6.45, 7) is 1.31. The van der Waals surface area contributed by atoms with Gasteiger partial charge in [0.1, 0.15) is 0 Å². The highest BCUT2D eigenvalue weighted by Crippen LogP contribution is 2.34. The number of hydrogen-bond donors (Lipinski definition) is 1. The van der Waals surface area contributed by atoms with Gasteiger partial charge in [-0.25, -0.2) is 0 Å². The van der Waals surface area contributed by atoms with Crippen LogP contribution in [0.5, 0.6) is 0 Å². The number of carbonyl (C=O) groups is 1. The molecule has 1 aliphatic rings. The molecule has 0 saturated carbocycles. The van der Waals surface area contributed by atoms with Crippen LogP contribution in [0.2, 0.25) is 0 Å². The maximum atomic E-state index is 11.6. The van der Waals surface area contributed by atoms with Crippen LogP contribution in [0.3, 0.4) is 0 Å². The van der Waals surface area contributed by atoms with E-state index in [1.807, 2.05) is 0 Å². The second-order valence-corrected chi connectivity index (χ2v) is 6.22. The number of nitro groups is 1. The van der Waals surface area contributed by atoms with E-state index in [0.717, 1.165) is 12.8 Å². The average Bonchev–Trinajstić information content (AvgIpc) is 2.52. The van der Waals surface area contributed by atoms with Crippen LogP contribution in [0.25, 0.3) is 0 Å². The van der Waals surface area contributed by atoms with Gasteiger partial charge in [-0.15, -0.1) is 11.8 Å². The van der Waals surface area contributed by atoms with Gasteiger partial charge in [0.2, 0.25) is 0 Å². The molecule has 0 aliphatic carbocycles. The molecule has 1 aliphatic heterocycles. The molecule has 1 heterocycles. The highest BCUT2D eigenvalue weighted by atomic mass is 32.2. The molecule has 1 saturated heterocycles. The van der Waals surface area contributed by atoms with E-state index in [0.29, 0.717) is 30.1 Å².